The zero-order chi connectivity index (χ0) is 16.2. The van der Waals surface area contributed by atoms with Gasteiger partial charge in [-0.1, -0.05) is 12.1 Å². The van der Waals surface area contributed by atoms with Gasteiger partial charge in [-0.3, -0.25) is 4.79 Å². The number of morpholine rings is 1. The summed E-state index contributed by atoms with van der Waals surface area (Å²) in [7, 11) is 3.29. The second kappa shape index (κ2) is 7.22. The Labute approximate surface area is 132 Å². The third kappa shape index (κ3) is 4.29. The first-order valence-corrected chi connectivity index (χ1v) is 7.49. The third-order valence-corrected chi connectivity index (χ3v) is 3.61. The number of hydrogen-bond acceptors (Lipinski definition) is 4. The second-order valence-corrected chi connectivity index (χ2v) is 6.27. The topological polar surface area (TPSA) is 48.0 Å². The van der Waals surface area contributed by atoms with Crippen LogP contribution in [0.4, 0.5) is 0 Å². The zero-order valence-corrected chi connectivity index (χ0v) is 13.8. The van der Waals surface area contributed by atoms with Crippen molar-refractivity contribution in [3.05, 3.63) is 35.4 Å². The van der Waals surface area contributed by atoms with Crippen LogP contribution in [-0.2, 0) is 20.8 Å². The summed E-state index contributed by atoms with van der Waals surface area (Å²) >= 11 is 0. The number of methoxy groups -OCH3 is 2. The molecular formula is C17H25NO4. The van der Waals surface area contributed by atoms with Gasteiger partial charge in [0.25, 0.3) is 5.91 Å². The number of benzene rings is 1. The van der Waals surface area contributed by atoms with Crippen LogP contribution in [0.5, 0.6) is 0 Å². The van der Waals surface area contributed by atoms with Crippen LogP contribution in [0.2, 0.25) is 0 Å². The van der Waals surface area contributed by atoms with Crippen LogP contribution >= 0.6 is 0 Å². The fraction of sp³-hybridized carbons (Fsp3) is 0.588. The molecule has 1 saturated heterocycles. The minimum atomic E-state index is -0.374. The SMILES string of the molecule is COCc1cccc(C(=O)N2CC(COC)OC(C)(C)C2)c1. The Balaban J connectivity index is 2.15. The fourth-order valence-corrected chi connectivity index (χ4v) is 2.87. The van der Waals surface area contributed by atoms with Gasteiger partial charge in [-0.05, 0) is 31.5 Å². The summed E-state index contributed by atoms with van der Waals surface area (Å²) < 4.78 is 16.3. The Morgan fingerprint density at radius 1 is 1.36 bits per heavy atom. The molecule has 1 aromatic carbocycles. The van der Waals surface area contributed by atoms with Crippen LogP contribution in [0, 0.1) is 0 Å². The summed E-state index contributed by atoms with van der Waals surface area (Å²) in [4.78, 5) is 14.6. The largest absolute Gasteiger partial charge is 0.382 e. The van der Waals surface area contributed by atoms with Crippen molar-refractivity contribution in [2.24, 2.45) is 0 Å². The van der Waals surface area contributed by atoms with E-state index >= 15 is 0 Å². The van der Waals surface area contributed by atoms with Crippen LogP contribution in [0.15, 0.2) is 24.3 Å². The van der Waals surface area contributed by atoms with Crippen molar-refractivity contribution >= 4 is 5.91 Å². The summed E-state index contributed by atoms with van der Waals surface area (Å²) in [5.74, 6) is 0.0235. The van der Waals surface area contributed by atoms with Gasteiger partial charge >= 0.3 is 0 Å². The van der Waals surface area contributed by atoms with Gasteiger partial charge in [0.1, 0.15) is 0 Å². The average Bonchev–Trinajstić information content (AvgIpc) is 2.46. The molecule has 22 heavy (non-hydrogen) atoms. The number of ether oxygens (including phenoxy) is 3. The molecule has 122 valence electrons. The highest BCUT2D eigenvalue weighted by Gasteiger charge is 2.35. The predicted molar refractivity (Wildman–Crippen MR) is 83.9 cm³/mol. The normalized spacial score (nSPS) is 20.9. The maximum Gasteiger partial charge on any atom is 0.254 e. The van der Waals surface area contributed by atoms with E-state index in [1.807, 2.05) is 43.0 Å². The molecule has 1 unspecified atom stereocenters. The molecule has 1 fully saturated rings. The number of nitrogens with zero attached hydrogens (tertiary/aromatic N) is 1. The summed E-state index contributed by atoms with van der Waals surface area (Å²) in [6.07, 6.45) is -0.0974. The lowest BCUT2D eigenvalue weighted by Crippen LogP contribution is -2.55. The minimum absolute atomic E-state index is 0.0235. The van der Waals surface area contributed by atoms with E-state index in [9.17, 15) is 4.79 Å². The van der Waals surface area contributed by atoms with Crippen LogP contribution < -0.4 is 0 Å². The molecule has 0 bridgehead atoms. The smallest absolute Gasteiger partial charge is 0.254 e. The van der Waals surface area contributed by atoms with Gasteiger partial charge in [0.2, 0.25) is 0 Å². The lowest BCUT2D eigenvalue weighted by molar-refractivity contribution is -0.143. The van der Waals surface area contributed by atoms with E-state index in [0.29, 0.717) is 31.9 Å². The molecule has 5 nitrogen and oxygen atoms in total. The van der Waals surface area contributed by atoms with E-state index in [4.69, 9.17) is 14.2 Å². The molecule has 0 saturated carbocycles. The van der Waals surface area contributed by atoms with Gasteiger partial charge in [0, 0.05) is 32.9 Å². The molecule has 2 rings (SSSR count). The van der Waals surface area contributed by atoms with Crippen molar-refractivity contribution in [3.8, 4) is 0 Å². The van der Waals surface area contributed by atoms with E-state index in [-0.39, 0.29) is 17.6 Å². The van der Waals surface area contributed by atoms with Gasteiger partial charge in [-0.15, -0.1) is 0 Å². The third-order valence-electron chi connectivity index (χ3n) is 3.61. The molecule has 1 aliphatic heterocycles. The molecule has 0 aliphatic carbocycles. The first-order chi connectivity index (χ1) is 10.4. The maximum atomic E-state index is 12.8. The van der Waals surface area contributed by atoms with Gasteiger partial charge < -0.3 is 19.1 Å². The highest BCUT2D eigenvalue weighted by Crippen LogP contribution is 2.23. The van der Waals surface area contributed by atoms with Gasteiger partial charge in [0.05, 0.1) is 24.9 Å². The van der Waals surface area contributed by atoms with E-state index < -0.39 is 0 Å². The second-order valence-electron chi connectivity index (χ2n) is 6.27. The summed E-state index contributed by atoms with van der Waals surface area (Å²) in [6.45, 7) is 6.09. The molecule has 1 amide bonds. The van der Waals surface area contributed by atoms with Crippen LogP contribution in [0.25, 0.3) is 0 Å². The van der Waals surface area contributed by atoms with E-state index in [1.165, 1.54) is 0 Å². The van der Waals surface area contributed by atoms with Crippen LogP contribution in [0.3, 0.4) is 0 Å². The lowest BCUT2D eigenvalue weighted by atomic mass is 10.0. The van der Waals surface area contributed by atoms with Crippen molar-refractivity contribution < 1.29 is 19.0 Å². The van der Waals surface area contributed by atoms with E-state index in [0.717, 1.165) is 5.56 Å². The van der Waals surface area contributed by atoms with E-state index in [1.54, 1.807) is 14.2 Å². The maximum absolute atomic E-state index is 12.8. The number of carbonyl (C=O) groups is 1. The molecule has 1 aromatic rings. The van der Waals surface area contributed by atoms with E-state index in [2.05, 4.69) is 0 Å². The Bertz CT molecular complexity index is 515. The lowest BCUT2D eigenvalue weighted by Gasteiger charge is -2.42. The monoisotopic (exact) mass is 307 g/mol. The zero-order valence-electron chi connectivity index (χ0n) is 13.8. The predicted octanol–water partition coefficient (Wildman–Crippen LogP) is 2.10. The Kier molecular flexibility index (Phi) is 5.56. The number of hydrogen-bond donors (Lipinski definition) is 0. The van der Waals surface area contributed by atoms with Gasteiger partial charge in [0.15, 0.2) is 0 Å². The average molecular weight is 307 g/mol. The molecule has 0 N–H and O–H groups in total. The van der Waals surface area contributed by atoms with Crippen molar-refractivity contribution in [1.29, 1.82) is 0 Å². The molecule has 1 atom stereocenters. The summed E-state index contributed by atoms with van der Waals surface area (Å²) in [5, 5.41) is 0. The fourth-order valence-electron chi connectivity index (χ4n) is 2.87. The van der Waals surface area contributed by atoms with Gasteiger partial charge in [-0.2, -0.15) is 0 Å². The van der Waals surface area contributed by atoms with Crippen LogP contribution in [0.1, 0.15) is 29.8 Å². The molecule has 0 radical (unpaired) electrons. The van der Waals surface area contributed by atoms with Crippen molar-refractivity contribution in [3.63, 3.8) is 0 Å². The summed E-state index contributed by atoms with van der Waals surface area (Å²) in [6, 6.07) is 7.58. The first-order valence-electron chi connectivity index (χ1n) is 7.49. The molecule has 1 heterocycles. The van der Waals surface area contributed by atoms with Crippen molar-refractivity contribution in [1.82, 2.24) is 4.90 Å². The highest BCUT2D eigenvalue weighted by atomic mass is 16.5. The molecule has 1 aliphatic rings. The molecule has 0 aromatic heterocycles. The van der Waals surface area contributed by atoms with Crippen LogP contribution in [-0.4, -0.2) is 56.4 Å². The Morgan fingerprint density at radius 3 is 2.82 bits per heavy atom. The van der Waals surface area contributed by atoms with Crippen molar-refractivity contribution in [2.75, 3.05) is 33.9 Å². The van der Waals surface area contributed by atoms with Crippen molar-refractivity contribution in [2.45, 2.75) is 32.2 Å². The Hall–Kier alpha value is -1.43. The standard InChI is InChI=1S/C17H25NO4/c1-17(2)12-18(9-15(22-17)11-21-4)16(19)14-7-5-6-13(8-14)10-20-3/h5-8,15H,9-12H2,1-4H3. The quantitative estimate of drug-likeness (QED) is 0.836. The number of amides is 1. The summed E-state index contributed by atoms with van der Waals surface area (Å²) in [5.41, 5.74) is 1.30. The first kappa shape index (κ1) is 16.9. The number of rotatable bonds is 5. The molecule has 5 heteroatoms. The molecule has 0 spiro atoms. The highest BCUT2D eigenvalue weighted by molar-refractivity contribution is 5.94. The Morgan fingerprint density at radius 2 is 2.14 bits per heavy atom. The minimum Gasteiger partial charge on any atom is -0.382 e. The van der Waals surface area contributed by atoms with Gasteiger partial charge in [-0.25, -0.2) is 0 Å². The molecular weight excluding hydrogens is 282 g/mol. The number of carbonyl (C=O) groups excluding carboxylic acids is 1.